The summed E-state index contributed by atoms with van der Waals surface area (Å²) in [7, 11) is 0. The van der Waals surface area contributed by atoms with Crippen molar-refractivity contribution < 1.29 is 9.53 Å². The molecule has 8 nitrogen and oxygen atoms in total. The molecule has 1 N–H and O–H groups in total. The minimum absolute atomic E-state index is 0.104. The Morgan fingerprint density at radius 2 is 2.03 bits per heavy atom. The highest BCUT2D eigenvalue weighted by Crippen LogP contribution is 2.41. The summed E-state index contributed by atoms with van der Waals surface area (Å²) in [6.45, 7) is 5.30. The molecule has 0 spiro atoms. The number of carbonyl (C=O) groups is 1. The van der Waals surface area contributed by atoms with Gasteiger partial charge in [-0.3, -0.25) is 9.36 Å². The van der Waals surface area contributed by atoms with Crippen LogP contribution in [0.3, 0.4) is 0 Å². The van der Waals surface area contributed by atoms with E-state index in [1.165, 1.54) is 11.8 Å². The number of anilines is 1. The van der Waals surface area contributed by atoms with Crippen LogP contribution < -0.4 is 5.32 Å². The third-order valence-corrected chi connectivity index (χ3v) is 7.49. The lowest BCUT2D eigenvalue weighted by Crippen LogP contribution is -2.22. The molecule has 1 saturated carbocycles. The average Bonchev–Trinajstić information content (AvgIpc) is 3.31. The largest absolute Gasteiger partial charge is 0.376 e. The molecule has 2 aliphatic rings. The van der Waals surface area contributed by atoms with Crippen LogP contribution in [-0.4, -0.2) is 43.7 Å². The molecule has 2 aromatic heterocycles. The van der Waals surface area contributed by atoms with Gasteiger partial charge in [0.2, 0.25) is 5.91 Å². The second kappa shape index (κ2) is 9.65. The van der Waals surface area contributed by atoms with Crippen molar-refractivity contribution in [1.82, 2.24) is 19.3 Å². The molecule has 1 aromatic carbocycles. The number of nitrogens with zero attached hydrogens (tertiary/aromatic N) is 5. The van der Waals surface area contributed by atoms with Crippen molar-refractivity contribution in [3.63, 3.8) is 0 Å². The van der Waals surface area contributed by atoms with E-state index in [4.69, 9.17) is 4.74 Å². The van der Waals surface area contributed by atoms with Gasteiger partial charge < -0.3 is 14.6 Å². The molecule has 1 aliphatic carbocycles. The quantitative estimate of drug-likeness (QED) is 0.486. The van der Waals surface area contributed by atoms with Crippen LogP contribution in [-0.2, 0) is 16.1 Å². The molecule has 34 heavy (non-hydrogen) atoms. The Bertz CT molecular complexity index is 1230. The number of nitrogens with one attached hydrogen (secondary N) is 1. The smallest absolute Gasteiger partial charge is 0.235 e. The van der Waals surface area contributed by atoms with Gasteiger partial charge in [-0.05, 0) is 57.2 Å². The van der Waals surface area contributed by atoms with Gasteiger partial charge in [0.1, 0.15) is 17.7 Å². The number of para-hydroxylation sites is 1. The van der Waals surface area contributed by atoms with E-state index in [9.17, 15) is 10.1 Å². The molecule has 176 valence electrons. The van der Waals surface area contributed by atoms with E-state index in [1.807, 2.05) is 48.7 Å². The molecule has 1 atom stereocenters. The van der Waals surface area contributed by atoms with Crippen LogP contribution in [0.5, 0.6) is 0 Å². The van der Waals surface area contributed by atoms with Gasteiger partial charge in [-0.15, -0.1) is 10.2 Å². The Balaban J connectivity index is 1.34. The van der Waals surface area contributed by atoms with Crippen LogP contribution in [0.4, 0.5) is 5.82 Å². The van der Waals surface area contributed by atoms with Gasteiger partial charge in [-0.25, -0.2) is 0 Å². The Morgan fingerprint density at radius 3 is 2.71 bits per heavy atom. The summed E-state index contributed by atoms with van der Waals surface area (Å²) in [5, 5.41) is 22.3. The van der Waals surface area contributed by atoms with Gasteiger partial charge in [-0.1, -0.05) is 30.0 Å². The van der Waals surface area contributed by atoms with E-state index in [2.05, 4.69) is 26.2 Å². The van der Waals surface area contributed by atoms with Gasteiger partial charge in [0, 0.05) is 23.9 Å². The van der Waals surface area contributed by atoms with E-state index >= 15 is 0 Å². The zero-order valence-electron chi connectivity index (χ0n) is 19.5. The molecule has 5 rings (SSSR count). The van der Waals surface area contributed by atoms with Crippen molar-refractivity contribution in [2.45, 2.75) is 63.3 Å². The van der Waals surface area contributed by atoms with Gasteiger partial charge in [0.25, 0.3) is 0 Å². The molecule has 0 radical (unpaired) electrons. The van der Waals surface area contributed by atoms with Crippen molar-refractivity contribution in [3.8, 4) is 11.8 Å². The zero-order chi connectivity index (χ0) is 23.7. The fourth-order valence-corrected chi connectivity index (χ4v) is 5.21. The molecule has 3 aromatic rings. The lowest BCUT2D eigenvalue weighted by molar-refractivity contribution is -0.113. The summed E-state index contributed by atoms with van der Waals surface area (Å²) in [5.74, 6) is 1.94. The first-order valence-electron chi connectivity index (χ1n) is 11.7. The number of benzene rings is 1. The molecular weight excluding hydrogens is 448 g/mol. The maximum atomic E-state index is 13.0. The maximum absolute atomic E-state index is 13.0. The van der Waals surface area contributed by atoms with Gasteiger partial charge in [0.05, 0.1) is 24.0 Å². The molecule has 1 amide bonds. The molecule has 1 aliphatic heterocycles. The van der Waals surface area contributed by atoms with Crippen molar-refractivity contribution in [1.29, 1.82) is 5.26 Å². The van der Waals surface area contributed by atoms with Crippen molar-refractivity contribution in [2.24, 2.45) is 0 Å². The number of carbonyl (C=O) groups excluding carboxylic acids is 1. The monoisotopic (exact) mass is 476 g/mol. The second-order valence-electron chi connectivity index (χ2n) is 8.91. The predicted molar refractivity (Wildman–Crippen MR) is 130 cm³/mol. The van der Waals surface area contributed by atoms with Crippen molar-refractivity contribution >= 4 is 23.5 Å². The molecule has 0 bridgehead atoms. The maximum Gasteiger partial charge on any atom is 0.235 e. The lowest BCUT2D eigenvalue weighted by Gasteiger charge is -2.17. The summed E-state index contributed by atoms with van der Waals surface area (Å²) in [6.07, 6.45) is 4.37. The Morgan fingerprint density at radius 1 is 1.24 bits per heavy atom. The number of rotatable bonds is 8. The first kappa shape index (κ1) is 22.7. The average molecular weight is 477 g/mol. The van der Waals surface area contributed by atoms with Crippen LogP contribution in [0.25, 0.3) is 5.69 Å². The van der Waals surface area contributed by atoms with Crippen LogP contribution in [0.2, 0.25) is 0 Å². The first-order valence-corrected chi connectivity index (χ1v) is 12.7. The van der Waals surface area contributed by atoms with E-state index in [0.717, 1.165) is 55.1 Å². The number of ether oxygens (including phenoxy) is 1. The molecular formula is C25H28N6O2S. The van der Waals surface area contributed by atoms with E-state index in [1.54, 1.807) is 0 Å². The summed E-state index contributed by atoms with van der Waals surface area (Å²) >= 11 is 1.36. The normalized spacial score (nSPS) is 17.6. The number of hydrogen-bond acceptors (Lipinski definition) is 6. The molecule has 3 heterocycles. The summed E-state index contributed by atoms with van der Waals surface area (Å²) in [4.78, 5) is 13.0. The van der Waals surface area contributed by atoms with Gasteiger partial charge in [0.15, 0.2) is 5.16 Å². The Kier molecular flexibility index (Phi) is 6.44. The lowest BCUT2D eigenvalue weighted by atomic mass is 10.2. The fraction of sp³-hybridized carbons (Fsp3) is 0.440. The number of hydrogen-bond donors (Lipinski definition) is 1. The van der Waals surface area contributed by atoms with Crippen LogP contribution >= 0.6 is 11.8 Å². The standard InChI is InChI=1S/C25H28N6O2S/c1-16-17(2)30(14-20-9-6-12-33-20)24(21(16)13-26)27-22(32)15-34-25-29-28-23(18-10-11-18)31(25)19-7-4-3-5-8-19/h3-5,7-8,18,20H,6,9-12,14-15H2,1-2H3,(H,27,32)/t20-/m1/s1. The Hall–Kier alpha value is -3.09. The highest BCUT2D eigenvalue weighted by Gasteiger charge is 2.31. The minimum atomic E-state index is -0.178. The highest BCUT2D eigenvalue weighted by molar-refractivity contribution is 7.99. The van der Waals surface area contributed by atoms with Gasteiger partial charge in [-0.2, -0.15) is 5.26 Å². The van der Waals surface area contributed by atoms with Gasteiger partial charge >= 0.3 is 0 Å². The predicted octanol–water partition coefficient (Wildman–Crippen LogP) is 4.34. The first-order chi connectivity index (χ1) is 16.6. The number of amides is 1. The zero-order valence-corrected chi connectivity index (χ0v) is 20.3. The summed E-state index contributed by atoms with van der Waals surface area (Å²) < 4.78 is 9.88. The summed E-state index contributed by atoms with van der Waals surface area (Å²) in [6, 6.07) is 12.3. The van der Waals surface area contributed by atoms with Crippen LogP contribution in [0, 0.1) is 25.2 Å². The van der Waals surface area contributed by atoms with Crippen LogP contribution in [0.1, 0.15) is 54.2 Å². The molecule has 1 saturated heterocycles. The molecule has 9 heteroatoms. The molecule has 0 unspecified atom stereocenters. The van der Waals surface area contributed by atoms with Crippen molar-refractivity contribution in [3.05, 3.63) is 53.0 Å². The van der Waals surface area contributed by atoms with Crippen molar-refractivity contribution in [2.75, 3.05) is 17.7 Å². The topological polar surface area (TPSA) is 97.8 Å². The van der Waals surface area contributed by atoms with Crippen LogP contribution in [0.15, 0.2) is 35.5 Å². The SMILES string of the molecule is Cc1c(C#N)c(NC(=O)CSc2nnc(C3CC3)n2-c2ccccc2)n(C[C@H]2CCCO2)c1C. The molecule has 2 fully saturated rings. The Labute approximate surface area is 203 Å². The third-order valence-electron chi connectivity index (χ3n) is 6.56. The summed E-state index contributed by atoms with van der Waals surface area (Å²) in [5.41, 5.74) is 3.38. The minimum Gasteiger partial charge on any atom is -0.376 e. The fourth-order valence-electron chi connectivity index (χ4n) is 4.45. The number of thioether (sulfide) groups is 1. The van der Waals surface area contributed by atoms with E-state index < -0.39 is 0 Å². The second-order valence-corrected chi connectivity index (χ2v) is 9.86. The van der Waals surface area contributed by atoms with E-state index in [-0.39, 0.29) is 17.8 Å². The third kappa shape index (κ3) is 4.48. The highest BCUT2D eigenvalue weighted by atomic mass is 32.2. The van der Waals surface area contributed by atoms with E-state index in [0.29, 0.717) is 29.0 Å². The number of nitriles is 1. The number of aromatic nitrogens is 4.